The van der Waals surface area contributed by atoms with Gasteiger partial charge in [0.25, 0.3) is 5.91 Å². The smallest absolute Gasteiger partial charge is 0.326 e. The van der Waals surface area contributed by atoms with Crippen LogP contribution in [0.1, 0.15) is 149 Å². The van der Waals surface area contributed by atoms with Gasteiger partial charge in [0.1, 0.15) is 84.6 Å². The van der Waals surface area contributed by atoms with Gasteiger partial charge in [0, 0.05) is 81.0 Å². The molecule has 5 heterocycles. The highest BCUT2D eigenvalue weighted by Gasteiger charge is 2.45. The number of H-pyrrole nitrogens is 2. The lowest BCUT2D eigenvalue weighted by atomic mass is 9.98. The molecular weight excluding hydrogens is 1600 g/mol. The van der Waals surface area contributed by atoms with Crippen molar-refractivity contribution >= 4 is 105 Å². The molecule has 5 aromatic rings. The Kier molecular flexibility index (Phi) is 36.3. The number of quaternary nitrogens is 1. The van der Waals surface area contributed by atoms with E-state index in [0.29, 0.717) is 30.4 Å². The lowest BCUT2D eigenvalue weighted by molar-refractivity contribution is -0.414. The summed E-state index contributed by atoms with van der Waals surface area (Å²) in [5.74, 6) is -14.7. The fourth-order valence-electron chi connectivity index (χ4n) is 15.4. The molecule has 3 aromatic carbocycles. The molecule has 0 aliphatic carbocycles. The van der Waals surface area contributed by atoms with Crippen molar-refractivity contribution < 1.29 is 97.8 Å². The summed E-state index contributed by atoms with van der Waals surface area (Å²) in [5.41, 5.74) is 12.1. The molecule has 0 saturated carbocycles. The number of likely N-dealkylation sites (tertiary alicyclic amines) is 3. The number of hydrogen-bond acceptors (Lipinski definition) is 19. The molecule has 0 spiro atoms. The van der Waals surface area contributed by atoms with Crippen molar-refractivity contribution in [3.63, 3.8) is 0 Å². The first-order valence-electron chi connectivity index (χ1n) is 42.4. The van der Waals surface area contributed by atoms with Crippen molar-refractivity contribution in [2.24, 2.45) is 29.4 Å². The number of aromatic nitrogens is 3. The van der Waals surface area contributed by atoms with Gasteiger partial charge in [-0.25, -0.2) is 9.78 Å². The Balaban J connectivity index is 0.933. The molecule has 3 fully saturated rings. The quantitative estimate of drug-likeness (QED) is 0.0197. The van der Waals surface area contributed by atoms with Gasteiger partial charge in [-0.2, -0.15) is 0 Å². The number of primary amides is 1. The van der Waals surface area contributed by atoms with E-state index in [2.05, 4.69) is 79.2 Å². The van der Waals surface area contributed by atoms with Crippen LogP contribution in [0.2, 0.25) is 0 Å². The van der Waals surface area contributed by atoms with E-state index >= 15 is 9.59 Å². The lowest BCUT2D eigenvalue weighted by Crippen LogP contribution is -2.71. The molecule has 38 nitrogen and oxygen atoms in total. The van der Waals surface area contributed by atoms with Crippen molar-refractivity contribution in [2.45, 2.75) is 243 Å². The molecule has 0 radical (unpaired) electrons. The van der Waals surface area contributed by atoms with E-state index in [1.165, 1.54) is 34.1 Å². The summed E-state index contributed by atoms with van der Waals surface area (Å²) in [6, 6.07) is 5.00. The number of nitrogens with one attached hydrogen (secondary N) is 13. The minimum atomic E-state index is -1.77. The van der Waals surface area contributed by atoms with Gasteiger partial charge < -0.3 is 110 Å². The number of carbonyl (C=O) groups is 16. The summed E-state index contributed by atoms with van der Waals surface area (Å²) >= 11 is 0. The molecule has 3 saturated heterocycles. The number of fused-ring (bicyclic) bond motifs is 1. The predicted molar refractivity (Wildman–Crippen MR) is 451 cm³/mol. The van der Waals surface area contributed by atoms with Gasteiger partial charge in [0.2, 0.25) is 82.7 Å². The Bertz CT molecular complexity index is 4550. The largest absolute Gasteiger partial charge is 0.480 e. The van der Waals surface area contributed by atoms with Gasteiger partial charge in [-0.3, -0.25) is 71.9 Å². The van der Waals surface area contributed by atoms with Crippen molar-refractivity contribution in [1.29, 1.82) is 0 Å². The minimum absolute atomic E-state index is 0.0329. The van der Waals surface area contributed by atoms with Crippen molar-refractivity contribution in [3.8, 4) is 0 Å². The van der Waals surface area contributed by atoms with Crippen LogP contribution in [0, 0.1) is 23.7 Å². The highest BCUT2D eigenvalue weighted by molar-refractivity contribution is 6.01. The van der Waals surface area contributed by atoms with Crippen LogP contribution in [0.15, 0.2) is 104 Å². The van der Waals surface area contributed by atoms with Crippen LogP contribution in [0.4, 0.5) is 0 Å². The minimum Gasteiger partial charge on any atom is -0.480 e. The van der Waals surface area contributed by atoms with Crippen molar-refractivity contribution in [2.75, 3.05) is 32.8 Å². The number of rotatable bonds is 45. The second-order valence-electron chi connectivity index (χ2n) is 33.6. The summed E-state index contributed by atoms with van der Waals surface area (Å²) in [6.07, 6.45) is 4.83. The second-order valence-corrected chi connectivity index (χ2v) is 33.6. The first-order valence-corrected chi connectivity index (χ1v) is 42.4. The zero-order valence-electron chi connectivity index (χ0n) is 71.7. The van der Waals surface area contributed by atoms with Crippen LogP contribution in [0.3, 0.4) is 0 Å². The Morgan fingerprint density at radius 1 is 0.452 bits per heavy atom. The zero-order chi connectivity index (χ0) is 90.8. The van der Waals surface area contributed by atoms with E-state index in [1.54, 1.807) is 84.1 Å². The van der Waals surface area contributed by atoms with Crippen molar-refractivity contribution in [1.82, 2.24) is 88.1 Å². The van der Waals surface area contributed by atoms with Crippen LogP contribution in [-0.4, -0.2) is 263 Å². The third-order valence-corrected chi connectivity index (χ3v) is 22.4. The number of benzene rings is 3. The predicted octanol–water partition coefficient (Wildman–Crippen LogP) is -2.16. The SMILES string of the molecule is CC(C)C[C@H](NC(=O)[C@H](Cc1ccccc1)NC(=O)[C@@H]1CCCN1C(=O)[C@@H](NC(=O)[C@H](CC(C)C)NC(=O)[C@H](CO)NC(=O)[C@H](Cc1c[nH]cn1)NC(=O)[C@H](Cc1c[nH]c2ccccc12)NC(=O)[C@@H]1CCCN1C(=O)[C@H](Cc1ccccc1)NC(=O)[C@@H]([NH3+])C(C)C)C(C)C)C(=O)N[C@@H](C)C(=O)N1CCC[C@H]1C(=O)N[C@@H](CO)C(=O)N[C@@H](CCC(N)=O)C(=O)O. The number of amides is 15. The normalized spacial score (nSPS) is 18.1. The number of imidazole rings is 1. The van der Waals surface area contributed by atoms with E-state index in [0.717, 1.165) is 16.5 Å². The van der Waals surface area contributed by atoms with Gasteiger partial charge in [0.05, 0.1) is 25.2 Å². The third-order valence-electron chi connectivity index (χ3n) is 22.4. The maximum atomic E-state index is 15.1. The fraction of sp³-hybridized carbons (Fsp3) is 0.547. The Morgan fingerprint density at radius 2 is 0.863 bits per heavy atom. The molecule has 3 aliphatic heterocycles. The monoisotopic (exact) mass is 1720 g/mol. The summed E-state index contributed by atoms with van der Waals surface area (Å²) in [4.78, 5) is 239. The summed E-state index contributed by atoms with van der Waals surface area (Å²) < 4.78 is 0. The Labute approximate surface area is 719 Å². The zero-order valence-corrected chi connectivity index (χ0v) is 71.7. The number of carbonyl (C=O) groups excluding carboxylic acids is 15. The maximum absolute atomic E-state index is 15.1. The fourth-order valence-corrected chi connectivity index (χ4v) is 15.4. The van der Waals surface area contributed by atoms with Crippen LogP contribution >= 0.6 is 0 Å². The van der Waals surface area contributed by atoms with Gasteiger partial charge in [-0.15, -0.1) is 0 Å². The second kappa shape index (κ2) is 46.3. The summed E-state index contributed by atoms with van der Waals surface area (Å²) in [5, 5.41) is 60.6. The Morgan fingerprint density at radius 3 is 1.34 bits per heavy atom. The number of carboxylic acids is 1. The number of aliphatic hydroxyl groups excluding tert-OH is 2. The molecule has 2 aromatic heterocycles. The molecule has 21 N–H and O–H groups in total. The van der Waals surface area contributed by atoms with Crippen LogP contribution in [0.25, 0.3) is 10.9 Å². The van der Waals surface area contributed by atoms with Gasteiger partial charge in [-0.1, -0.05) is 134 Å². The topological polar surface area (TPSA) is 574 Å². The highest BCUT2D eigenvalue weighted by Crippen LogP contribution is 2.26. The lowest BCUT2D eigenvalue weighted by Gasteiger charge is -2.33. The third kappa shape index (κ3) is 27.4. The summed E-state index contributed by atoms with van der Waals surface area (Å²) in [7, 11) is 0. The first-order chi connectivity index (χ1) is 59.0. The van der Waals surface area contributed by atoms with E-state index in [9.17, 15) is 82.4 Å². The summed E-state index contributed by atoms with van der Waals surface area (Å²) in [6.45, 7) is 13.7. The van der Waals surface area contributed by atoms with Crippen molar-refractivity contribution in [3.05, 3.63) is 126 Å². The Hall–Kier alpha value is -12.2. The molecule has 124 heavy (non-hydrogen) atoms. The molecule has 0 bridgehead atoms. The van der Waals surface area contributed by atoms with E-state index in [4.69, 9.17) is 5.73 Å². The number of hydrogen-bond donors (Lipinski definition) is 18. The number of aromatic amines is 2. The number of carboxylic acid groups (broad SMARTS) is 1. The molecule has 38 heteroatoms. The van der Waals surface area contributed by atoms with Crippen LogP contribution in [0.5, 0.6) is 0 Å². The van der Waals surface area contributed by atoms with E-state index in [1.807, 2.05) is 62.4 Å². The number of aliphatic carboxylic acids is 1. The average molecular weight is 1730 g/mol. The van der Waals surface area contributed by atoms with Crippen LogP contribution < -0.4 is 70.0 Å². The number of nitrogens with zero attached hydrogens (tertiary/aromatic N) is 4. The molecule has 8 rings (SSSR count). The maximum Gasteiger partial charge on any atom is 0.326 e. The first kappa shape index (κ1) is 97.3. The van der Waals surface area contributed by atoms with Crippen LogP contribution in [-0.2, 0) is 102 Å². The van der Waals surface area contributed by atoms with Gasteiger partial charge in [0.15, 0.2) is 6.04 Å². The van der Waals surface area contributed by atoms with Gasteiger partial charge in [-0.05, 0) is 105 Å². The standard InChI is InChI=1S/C86H121N19O19/c1-46(2)35-58(72(109)92-50(9)83(120)103-32-18-27-66(103)81(118)101-65(44-107)77(114)93-57(86(123)124)30-31-69(87)108)94-73(110)60(37-51-21-12-10-13-22-51)97-80(117)68-29-20-34-105(68)85(122)71(49(7)8)102-76(113)59(36-47(3)4)95-78(115)64(43-106)100-75(112)62(40-54-42-89-45-91-54)96-74(111)61(39-53-41-90-56-26-17-16-25-55(53)56)98-79(116)67-28-19-33-104(67)84(121)63(38-52-23-14-11-15-24-52)99-82(119)70(88)48(5)6/h10-17,21-26,41-42,45-50,57-68,70-71,90,106-107H,18-20,27-40,43-44,88H2,1-9H3,(H2,87,108)(H,89,91)(H,92,109)(H,93,114)(H,94,110)(H,95,115)(H,96,111)(H,97,117)(H,98,116)(H,99,119)(H,100,112)(H,101,118)(H,102,113)(H,123,124)/p+1/t50-,57-,58-,59-,60-,61-,62-,63-,64-,65-,66-,67-,68-,70-,71-/m0/s1. The number of aliphatic hydroxyl groups is 2. The van der Waals surface area contributed by atoms with E-state index in [-0.39, 0.29) is 114 Å². The molecule has 674 valence electrons. The molecular formula is C86H122N19O19+. The molecule has 0 unspecified atom stereocenters. The van der Waals surface area contributed by atoms with Gasteiger partial charge >= 0.3 is 5.97 Å². The number of nitrogens with two attached hydrogens (primary N) is 1. The average Bonchev–Trinajstić information content (AvgIpc) is 1.60. The molecule has 15 amide bonds. The molecule has 3 aliphatic rings. The van der Waals surface area contributed by atoms with E-state index < -0.39 is 204 Å². The highest BCUT2D eigenvalue weighted by atomic mass is 16.4. The molecule has 15 atom stereocenters. The number of para-hydroxylation sites is 1.